The molecule has 0 aromatic heterocycles. The highest BCUT2D eigenvalue weighted by Crippen LogP contribution is 2.38. The Balaban J connectivity index is 2.47. The maximum atomic E-state index is 12.0. The maximum absolute atomic E-state index is 12.0. The van der Waals surface area contributed by atoms with Crippen LogP contribution >= 0.6 is 11.8 Å². The number of nitrogens with one attached hydrogen (secondary N) is 1. The second kappa shape index (κ2) is 8.57. The third-order valence-corrected chi connectivity index (χ3v) is 5.40. The van der Waals surface area contributed by atoms with Gasteiger partial charge in [0.15, 0.2) is 0 Å². The second-order valence-corrected chi connectivity index (χ2v) is 7.96. The SMILES string of the molecule is COC(=O)C(CCCCN1C(=O)CSC1C(C)(C)C)NC(C)=O. The van der Waals surface area contributed by atoms with E-state index in [0.29, 0.717) is 18.7 Å². The van der Waals surface area contributed by atoms with Gasteiger partial charge in [-0.15, -0.1) is 11.8 Å². The molecule has 2 atom stereocenters. The predicted molar refractivity (Wildman–Crippen MR) is 90.9 cm³/mol. The van der Waals surface area contributed by atoms with Gasteiger partial charge in [-0.25, -0.2) is 4.79 Å². The van der Waals surface area contributed by atoms with Gasteiger partial charge in [0.1, 0.15) is 6.04 Å². The van der Waals surface area contributed by atoms with Crippen molar-refractivity contribution in [2.75, 3.05) is 19.4 Å². The monoisotopic (exact) mass is 344 g/mol. The zero-order valence-corrected chi connectivity index (χ0v) is 15.5. The van der Waals surface area contributed by atoms with Gasteiger partial charge >= 0.3 is 5.97 Å². The van der Waals surface area contributed by atoms with Crippen LogP contribution in [0.4, 0.5) is 0 Å². The molecule has 0 bridgehead atoms. The number of rotatable bonds is 7. The van der Waals surface area contributed by atoms with Crippen LogP contribution in [0.15, 0.2) is 0 Å². The van der Waals surface area contributed by atoms with Crippen molar-refractivity contribution in [2.24, 2.45) is 5.41 Å². The third-order valence-electron chi connectivity index (χ3n) is 3.71. The van der Waals surface area contributed by atoms with Crippen molar-refractivity contribution in [3.63, 3.8) is 0 Å². The van der Waals surface area contributed by atoms with Gasteiger partial charge in [0, 0.05) is 13.5 Å². The minimum atomic E-state index is -0.612. The van der Waals surface area contributed by atoms with E-state index >= 15 is 0 Å². The van der Waals surface area contributed by atoms with Crippen molar-refractivity contribution in [3.05, 3.63) is 0 Å². The van der Waals surface area contributed by atoms with Crippen LogP contribution in [-0.4, -0.2) is 53.5 Å². The van der Waals surface area contributed by atoms with E-state index in [1.165, 1.54) is 14.0 Å². The molecule has 0 aliphatic carbocycles. The molecule has 1 fully saturated rings. The number of hydrogen-bond donors (Lipinski definition) is 1. The van der Waals surface area contributed by atoms with Crippen molar-refractivity contribution >= 4 is 29.5 Å². The van der Waals surface area contributed by atoms with E-state index in [1.54, 1.807) is 11.8 Å². The molecule has 1 aliphatic heterocycles. The number of unbranched alkanes of at least 4 members (excludes halogenated alkanes) is 1. The van der Waals surface area contributed by atoms with E-state index in [1.807, 2.05) is 4.90 Å². The van der Waals surface area contributed by atoms with Gasteiger partial charge in [-0.2, -0.15) is 0 Å². The highest BCUT2D eigenvalue weighted by atomic mass is 32.2. The average molecular weight is 344 g/mol. The summed E-state index contributed by atoms with van der Waals surface area (Å²) in [4.78, 5) is 36.7. The molecule has 0 saturated carbocycles. The normalized spacial score (nSPS) is 19.6. The summed E-state index contributed by atoms with van der Waals surface area (Å²) in [6.45, 7) is 8.48. The van der Waals surface area contributed by atoms with Crippen LogP contribution in [0.2, 0.25) is 0 Å². The first-order chi connectivity index (χ1) is 10.7. The Morgan fingerprint density at radius 2 is 2.04 bits per heavy atom. The number of thioether (sulfide) groups is 1. The summed E-state index contributed by atoms with van der Waals surface area (Å²) in [6.07, 6.45) is 2.05. The van der Waals surface area contributed by atoms with Gasteiger partial charge in [-0.1, -0.05) is 20.8 Å². The molecular weight excluding hydrogens is 316 g/mol. The van der Waals surface area contributed by atoms with Crippen molar-refractivity contribution in [1.82, 2.24) is 10.2 Å². The molecule has 1 saturated heterocycles. The van der Waals surface area contributed by atoms with Crippen LogP contribution in [0, 0.1) is 5.41 Å². The molecule has 0 aromatic rings. The Labute approximate surface area is 142 Å². The standard InChI is InChI=1S/C16H28N2O4S/c1-11(19)17-12(14(21)22-5)8-6-7-9-18-13(20)10-23-15(18)16(2,3)4/h12,15H,6-10H2,1-5H3,(H,17,19). The molecule has 132 valence electrons. The third kappa shape index (κ3) is 6.05. The van der Waals surface area contributed by atoms with Crippen LogP contribution < -0.4 is 5.32 Å². The molecular formula is C16H28N2O4S. The highest BCUT2D eigenvalue weighted by molar-refractivity contribution is 8.01. The van der Waals surface area contributed by atoms with Crippen LogP contribution in [0.5, 0.6) is 0 Å². The van der Waals surface area contributed by atoms with E-state index in [4.69, 9.17) is 4.74 Å². The minimum Gasteiger partial charge on any atom is -0.467 e. The van der Waals surface area contributed by atoms with E-state index in [-0.39, 0.29) is 22.6 Å². The Bertz CT molecular complexity index is 448. The summed E-state index contributed by atoms with van der Waals surface area (Å²) >= 11 is 1.69. The fourth-order valence-electron chi connectivity index (χ4n) is 2.68. The van der Waals surface area contributed by atoms with Gasteiger partial charge in [0.2, 0.25) is 11.8 Å². The number of amides is 2. The average Bonchev–Trinajstić information content (AvgIpc) is 2.82. The summed E-state index contributed by atoms with van der Waals surface area (Å²) in [5, 5.41) is 2.80. The second-order valence-electron chi connectivity index (χ2n) is 6.89. The van der Waals surface area contributed by atoms with E-state index in [0.717, 1.165) is 12.8 Å². The lowest BCUT2D eigenvalue weighted by Crippen LogP contribution is -2.42. The lowest BCUT2D eigenvalue weighted by molar-refractivity contribution is -0.145. The number of ether oxygens (including phenoxy) is 1. The largest absolute Gasteiger partial charge is 0.467 e. The van der Waals surface area contributed by atoms with Crippen molar-refractivity contribution in [1.29, 1.82) is 0 Å². The first-order valence-electron chi connectivity index (χ1n) is 7.92. The molecule has 1 N–H and O–H groups in total. The molecule has 2 amide bonds. The number of carbonyl (C=O) groups is 3. The van der Waals surface area contributed by atoms with Crippen LogP contribution in [-0.2, 0) is 19.1 Å². The Morgan fingerprint density at radius 1 is 1.39 bits per heavy atom. The quantitative estimate of drug-likeness (QED) is 0.563. The Hall–Kier alpha value is -1.24. The molecule has 7 heteroatoms. The molecule has 1 aliphatic rings. The number of esters is 1. The van der Waals surface area contributed by atoms with Gasteiger partial charge in [-0.3, -0.25) is 9.59 Å². The topological polar surface area (TPSA) is 75.7 Å². The number of hydrogen-bond acceptors (Lipinski definition) is 5. The molecule has 0 spiro atoms. The Morgan fingerprint density at radius 3 is 2.57 bits per heavy atom. The minimum absolute atomic E-state index is 0.0432. The zero-order chi connectivity index (χ0) is 17.6. The Kier molecular flexibility index (Phi) is 7.38. The van der Waals surface area contributed by atoms with Gasteiger partial charge in [-0.05, 0) is 24.7 Å². The van der Waals surface area contributed by atoms with Gasteiger partial charge < -0.3 is 15.0 Å². The smallest absolute Gasteiger partial charge is 0.328 e. The molecule has 2 unspecified atom stereocenters. The summed E-state index contributed by atoms with van der Waals surface area (Å²) in [5.41, 5.74) is 0.0432. The van der Waals surface area contributed by atoms with E-state index in [9.17, 15) is 14.4 Å². The first-order valence-corrected chi connectivity index (χ1v) is 8.97. The van der Waals surface area contributed by atoms with Crippen LogP contribution in [0.1, 0.15) is 47.0 Å². The molecule has 23 heavy (non-hydrogen) atoms. The lowest BCUT2D eigenvalue weighted by atomic mass is 9.95. The zero-order valence-electron chi connectivity index (χ0n) is 14.7. The summed E-state index contributed by atoms with van der Waals surface area (Å²) in [7, 11) is 1.31. The van der Waals surface area contributed by atoms with Crippen LogP contribution in [0.25, 0.3) is 0 Å². The molecule has 0 aromatic carbocycles. The van der Waals surface area contributed by atoms with Crippen molar-refractivity contribution in [3.8, 4) is 0 Å². The fraction of sp³-hybridized carbons (Fsp3) is 0.812. The van der Waals surface area contributed by atoms with Crippen LogP contribution in [0.3, 0.4) is 0 Å². The fourth-order valence-corrected chi connectivity index (χ4v) is 4.05. The van der Waals surface area contributed by atoms with Gasteiger partial charge in [0.25, 0.3) is 0 Å². The molecule has 1 rings (SSSR count). The van der Waals surface area contributed by atoms with E-state index in [2.05, 4.69) is 26.1 Å². The van der Waals surface area contributed by atoms with E-state index < -0.39 is 12.0 Å². The highest BCUT2D eigenvalue weighted by Gasteiger charge is 2.38. The maximum Gasteiger partial charge on any atom is 0.328 e. The lowest BCUT2D eigenvalue weighted by Gasteiger charge is -2.34. The number of nitrogens with zero attached hydrogens (tertiary/aromatic N) is 1. The first kappa shape index (κ1) is 19.8. The molecule has 6 nitrogen and oxygen atoms in total. The van der Waals surface area contributed by atoms with Crippen molar-refractivity contribution < 1.29 is 19.1 Å². The molecule has 1 heterocycles. The number of methoxy groups -OCH3 is 1. The summed E-state index contributed by atoms with van der Waals surface area (Å²) < 4.78 is 4.70. The van der Waals surface area contributed by atoms with Crippen molar-refractivity contribution in [2.45, 2.75) is 58.4 Å². The van der Waals surface area contributed by atoms with Gasteiger partial charge in [0.05, 0.1) is 18.2 Å². The molecule has 0 radical (unpaired) electrons. The predicted octanol–water partition coefficient (Wildman–Crippen LogP) is 1.78. The summed E-state index contributed by atoms with van der Waals surface area (Å²) in [5.74, 6) is 0.0414. The number of carbonyl (C=O) groups excluding carboxylic acids is 3. The summed E-state index contributed by atoms with van der Waals surface area (Å²) in [6, 6.07) is -0.612.